The van der Waals surface area contributed by atoms with Gasteiger partial charge < -0.3 is 5.11 Å². The fraction of sp³-hybridized carbons (Fsp3) is 0.438. The van der Waals surface area contributed by atoms with Gasteiger partial charge in [0.1, 0.15) is 0 Å². The van der Waals surface area contributed by atoms with Crippen LogP contribution >= 0.6 is 0 Å². The van der Waals surface area contributed by atoms with Crippen molar-refractivity contribution in [3.8, 4) is 0 Å². The van der Waals surface area contributed by atoms with Gasteiger partial charge in [0, 0.05) is 5.57 Å². The van der Waals surface area contributed by atoms with Gasteiger partial charge in [-0.05, 0) is 23.0 Å². The highest BCUT2D eigenvalue weighted by atomic mass is 19.1. The van der Waals surface area contributed by atoms with E-state index in [1.54, 1.807) is 12.1 Å². The SMILES string of the molecule is CCC/C(=C(/F)C(=O)O)c1ccc(C(C)(C)C)cc1. The monoisotopic (exact) mass is 264 g/mol. The van der Waals surface area contributed by atoms with Crippen molar-refractivity contribution < 1.29 is 14.3 Å². The molecule has 0 heterocycles. The third kappa shape index (κ3) is 3.91. The summed E-state index contributed by atoms with van der Waals surface area (Å²) in [6.45, 7) is 8.20. The predicted molar refractivity (Wildman–Crippen MR) is 75.7 cm³/mol. The first-order valence-corrected chi connectivity index (χ1v) is 6.50. The summed E-state index contributed by atoms with van der Waals surface area (Å²) >= 11 is 0. The van der Waals surface area contributed by atoms with E-state index in [1.165, 1.54) is 0 Å². The Labute approximate surface area is 114 Å². The first-order chi connectivity index (χ1) is 8.77. The van der Waals surface area contributed by atoms with E-state index in [0.29, 0.717) is 18.4 Å². The third-order valence-electron chi connectivity index (χ3n) is 3.05. The van der Waals surface area contributed by atoms with Crippen LogP contribution in [-0.4, -0.2) is 11.1 Å². The fourth-order valence-electron chi connectivity index (χ4n) is 1.93. The van der Waals surface area contributed by atoms with Gasteiger partial charge in [0.25, 0.3) is 0 Å². The molecule has 0 bridgehead atoms. The molecule has 19 heavy (non-hydrogen) atoms. The van der Waals surface area contributed by atoms with Crippen molar-refractivity contribution in [2.75, 3.05) is 0 Å². The van der Waals surface area contributed by atoms with Gasteiger partial charge >= 0.3 is 5.97 Å². The standard InChI is InChI=1S/C16H21FO2/c1-5-6-13(14(17)15(18)19)11-7-9-12(10-8-11)16(2,3)4/h7-10H,5-6H2,1-4H3,(H,18,19)/b14-13-. The summed E-state index contributed by atoms with van der Waals surface area (Å²) in [5.74, 6) is -2.55. The molecule has 0 saturated carbocycles. The second-order valence-corrected chi connectivity index (χ2v) is 5.68. The lowest BCUT2D eigenvalue weighted by molar-refractivity contribution is -0.134. The van der Waals surface area contributed by atoms with Crippen molar-refractivity contribution in [2.45, 2.75) is 46.0 Å². The topological polar surface area (TPSA) is 37.3 Å². The van der Waals surface area contributed by atoms with Crippen LogP contribution in [0.4, 0.5) is 4.39 Å². The number of aliphatic carboxylic acids is 1. The molecule has 3 heteroatoms. The van der Waals surface area contributed by atoms with Crippen molar-refractivity contribution in [3.05, 3.63) is 41.2 Å². The van der Waals surface area contributed by atoms with Crippen LogP contribution in [0.15, 0.2) is 30.1 Å². The summed E-state index contributed by atoms with van der Waals surface area (Å²) in [6.07, 6.45) is 1.13. The van der Waals surface area contributed by atoms with Crippen LogP contribution in [-0.2, 0) is 10.2 Å². The molecule has 1 rings (SSSR count). The Morgan fingerprint density at radius 2 is 1.74 bits per heavy atom. The van der Waals surface area contributed by atoms with E-state index in [0.717, 1.165) is 5.56 Å². The maximum absolute atomic E-state index is 13.7. The number of rotatable bonds is 4. The van der Waals surface area contributed by atoms with Gasteiger partial charge in [0.15, 0.2) is 0 Å². The second kappa shape index (κ2) is 6.00. The van der Waals surface area contributed by atoms with Crippen LogP contribution in [0.2, 0.25) is 0 Å². The fourth-order valence-corrected chi connectivity index (χ4v) is 1.93. The molecule has 0 aliphatic rings. The van der Waals surface area contributed by atoms with Gasteiger partial charge in [0.05, 0.1) is 0 Å². The third-order valence-corrected chi connectivity index (χ3v) is 3.05. The van der Waals surface area contributed by atoms with Crippen LogP contribution < -0.4 is 0 Å². The van der Waals surface area contributed by atoms with Crippen molar-refractivity contribution >= 4 is 11.5 Å². The normalized spacial score (nSPS) is 13.1. The molecule has 0 aromatic heterocycles. The Kier molecular flexibility index (Phi) is 4.87. The number of halogens is 1. The number of carbonyl (C=O) groups is 1. The van der Waals surface area contributed by atoms with Crippen LogP contribution in [0.1, 0.15) is 51.7 Å². The van der Waals surface area contributed by atoms with E-state index >= 15 is 0 Å². The van der Waals surface area contributed by atoms with E-state index < -0.39 is 11.8 Å². The van der Waals surface area contributed by atoms with E-state index in [2.05, 4.69) is 20.8 Å². The first-order valence-electron chi connectivity index (χ1n) is 6.50. The highest BCUT2D eigenvalue weighted by Crippen LogP contribution is 2.28. The van der Waals surface area contributed by atoms with Gasteiger partial charge in [-0.25, -0.2) is 4.79 Å². The molecule has 0 amide bonds. The van der Waals surface area contributed by atoms with E-state index in [1.807, 2.05) is 19.1 Å². The lowest BCUT2D eigenvalue weighted by Gasteiger charge is -2.19. The van der Waals surface area contributed by atoms with Crippen molar-refractivity contribution in [1.82, 2.24) is 0 Å². The molecule has 0 fully saturated rings. The van der Waals surface area contributed by atoms with Crippen molar-refractivity contribution in [3.63, 3.8) is 0 Å². The minimum atomic E-state index is -1.50. The van der Waals surface area contributed by atoms with Crippen LogP contribution in [0.5, 0.6) is 0 Å². The number of hydrogen-bond acceptors (Lipinski definition) is 1. The maximum Gasteiger partial charge on any atom is 0.365 e. The average molecular weight is 264 g/mol. The second-order valence-electron chi connectivity index (χ2n) is 5.68. The van der Waals surface area contributed by atoms with E-state index in [-0.39, 0.29) is 11.0 Å². The number of carboxylic acid groups (broad SMARTS) is 1. The maximum atomic E-state index is 13.7. The molecule has 1 aromatic rings. The minimum Gasteiger partial charge on any atom is -0.476 e. The Bertz CT molecular complexity index is 478. The summed E-state index contributed by atoms with van der Waals surface area (Å²) in [6, 6.07) is 7.46. The molecule has 2 nitrogen and oxygen atoms in total. The molecule has 0 spiro atoms. The Morgan fingerprint density at radius 1 is 1.21 bits per heavy atom. The number of allylic oxidation sites excluding steroid dienone is 1. The molecule has 0 atom stereocenters. The molecule has 104 valence electrons. The summed E-state index contributed by atoms with van der Waals surface area (Å²) in [7, 11) is 0. The molecule has 0 radical (unpaired) electrons. The number of benzene rings is 1. The van der Waals surface area contributed by atoms with Gasteiger partial charge in [-0.2, -0.15) is 4.39 Å². The molecule has 0 aliphatic carbocycles. The highest BCUT2D eigenvalue weighted by Gasteiger charge is 2.17. The lowest BCUT2D eigenvalue weighted by atomic mass is 9.86. The molecular formula is C16H21FO2. The molecule has 0 aliphatic heterocycles. The Hall–Kier alpha value is -1.64. The molecule has 1 N–H and O–H groups in total. The van der Waals surface area contributed by atoms with Crippen LogP contribution in [0.25, 0.3) is 5.57 Å². The Morgan fingerprint density at radius 3 is 2.11 bits per heavy atom. The van der Waals surface area contributed by atoms with E-state index in [4.69, 9.17) is 5.11 Å². The average Bonchev–Trinajstić information content (AvgIpc) is 2.34. The summed E-state index contributed by atoms with van der Waals surface area (Å²) in [5, 5.41) is 8.79. The van der Waals surface area contributed by atoms with Gasteiger partial charge in [-0.15, -0.1) is 0 Å². The minimum absolute atomic E-state index is 0.0263. The summed E-state index contributed by atoms with van der Waals surface area (Å²) in [4.78, 5) is 10.8. The first kappa shape index (κ1) is 15.4. The predicted octanol–water partition coefficient (Wildman–Crippen LogP) is 4.55. The van der Waals surface area contributed by atoms with Crippen LogP contribution in [0, 0.1) is 0 Å². The molecular weight excluding hydrogens is 243 g/mol. The van der Waals surface area contributed by atoms with Gasteiger partial charge in [-0.3, -0.25) is 0 Å². The van der Waals surface area contributed by atoms with E-state index in [9.17, 15) is 9.18 Å². The zero-order chi connectivity index (χ0) is 14.6. The molecule has 1 aromatic carbocycles. The smallest absolute Gasteiger partial charge is 0.365 e. The lowest BCUT2D eigenvalue weighted by Crippen LogP contribution is -2.10. The van der Waals surface area contributed by atoms with Gasteiger partial charge in [-0.1, -0.05) is 58.4 Å². The number of carboxylic acids is 1. The Balaban J connectivity index is 3.20. The van der Waals surface area contributed by atoms with Crippen molar-refractivity contribution in [2.24, 2.45) is 0 Å². The summed E-state index contributed by atoms with van der Waals surface area (Å²) in [5.41, 5.74) is 2.09. The largest absolute Gasteiger partial charge is 0.476 e. The van der Waals surface area contributed by atoms with Crippen molar-refractivity contribution in [1.29, 1.82) is 0 Å². The zero-order valence-electron chi connectivity index (χ0n) is 12.0. The zero-order valence-corrected chi connectivity index (χ0v) is 12.0. The highest BCUT2D eigenvalue weighted by molar-refractivity contribution is 5.94. The number of hydrogen-bond donors (Lipinski definition) is 1. The molecule has 0 unspecified atom stereocenters. The van der Waals surface area contributed by atoms with Gasteiger partial charge in [0.2, 0.25) is 5.83 Å². The molecule has 0 saturated heterocycles. The quantitative estimate of drug-likeness (QED) is 0.810. The van der Waals surface area contributed by atoms with Crippen LogP contribution in [0.3, 0.4) is 0 Å². The summed E-state index contributed by atoms with van der Waals surface area (Å²) < 4.78 is 13.7.